The number of rotatable bonds is 5. The fourth-order valence-corrected chi connectivity index (χ4v) is 7.88. The first-order valence-corrected chi connectivity index (χ1v) is 13.3. The van der Waals surface area contributed by atoms with Crippen molar-refractivity contribution < 1.29 is 23.1 Å². The molecule has 8 nitrogen and oxygen atoms in total. The van der Waals surface area contributed by atoms with Crippen LogP contribution in [-0.2, 0) is 14.8 Å². The molecule has 1 aliphatic carbocycles. The molecule has 32 heavy (non-hydrogen) atoms. The number of benzene rings is 1. The van der Waals surface area contributed by atoms with Crippen LogP contribution in [0.2, 0.25) is 5.02 Å². The van der Waals surface area contributed by atoms with E-state index in [9.17, 15) is 13.2 Å². The number of sulfonamides is 1. The highest BCUT2D eigenvalue weighted by Crippen LogP contribution is 2.57. The number of aliphatic hydroxyl groups excluding tert-OH is 1. The molecule has 1 saturated carbocycles. The Bertz CT molecular complexity index is 951. The van der Waals surface area contributed by atoms with E-state index in [0.717, 1.165) is 19.3 Å². The van der Waals surface area contributed by atoms with Crippen LogP contribution in [0.1, 0.15) is 25.7 Å². The van der Waals surface area contributed by atoms with Gasteiger partial charge in [-0.3, -0.25) is 4.90 Å². The van der Waals surface area contributed by atoms with Gasteiger partial charge in [0.25, 0.3) is 0 Å². The lowest BCUT2D eigenvalue weighted by Gasteiger charge is -2.48. The molecule has 1 aromatic carbocycles. The molecular weight excluding hydrogens is 454 g/mol. The van der Waals surface area contributed by atoms with Crippen LogP contribution in [0.25, 0.3) is 0 Å². The molecule has 1 N–H and O–H groups in total. The third-order valence-corrected chi connectivity index (χ3v) is 9.73. The van der Waals surface area contributed by atoms with Crippen LogP contribution in [0.3, 0.4) is 0 Å². The summed E-state index contributed by atoms with van der Waals surface area (Å²) in [4.78, 5) is 17.0. The summed E-state index contributed by atoms with van der Waals surface area (Å²) in [5.41, 5.74) is 0. The number of aliphatic hydroxyl groups is 1. The third kappa shape index (κ3) is 4.03. The Hall–Kier alpha value is -1.39. The van der Waals surface area contributed by atoms with Gasteiger partial charge in [0.1, 0.15) is 6.10 Å². The Morgan fingerprint density at radius 3 is 2.44 bits per heavy atom. The molecule has 3 heterocycles. The number of β-amino-alcohol motifs (C(OH)–C–C–N with tert-alkyl or cyclic N) is 1. The summed E-state index contributed by atoms with van der Waals surface area (Å²) in [6.45, 7) is 3.23. The van der Waals surface area contributed by atoms with Gasteiger partial charge in [-0.15, -0.1) is 0 Å². The van der Waals surface area contributed by atoms with Crippen molar-refractivity contribution in [2.75, 3.05) is 39.3 Å². The fourth-order valence-electron chi connectivity index (χ4n) is 5.83. The van der Waals surface area contributed by atoms with Crippen LogP contribution in [0.4, 0.5) is 4.79 Å². The zero-order valence-electron chi connectivity index (χ0n) is 18.0. The second-order valence-electron chi connectivity index (χ2n) is 9.32. The molecule has 1 amide bonds. The SMILES string of the molecule is O=C(O[C@H]1C2CC2C2CCCC1N2S(=O)(=O)c1ccc(Cl)cc1)N1CCN(CCO)CC1. The van der Waals surface area contributed by atoms with Crippen LogP contribution >= 0.6 is 11.6 Å². The van der Waals surface area contributed by atoms with Crippen LogP contribution < -0.4 is 0 Å². The van der Waals surface area contributed by atoms with Crippen molar-refractivity contribution in [3.8, 4) is 0 Å². The number of nitrogens with zero attached hydrogens (tertiary/aromatic N) is 3. The van der Waals surface area contributed by atoms with Crippen LogP contribution in [0, 0.1) is 11.8 Å². The van der Waals surface area contributed by atoms with Gasteiger partial charge in [0.2, 0.25) is 10.0 Å². The maximum absolute atomic E-state index is 13.6. The number of piperidine rings is 2. The molecule has 2 bridgehead atoms. The number of fused-ring (bicyclic) bond motifs is 4. The van der Waals surface area contributed by atoms with E-state index in [0.29, 0.717) is 44.2 Å². The average molecular weight is 484 g/mol. The highest BCUT2D eigenvalue weighted by atomic mass is 35.5. The molecule has 0 radical (unpaired) electrons. The van der Waals surface area contributed by atoms with E-state index in [1.165, 1.54) is 0 Å². The largest absolute Gasteiger partial charge is 0.444 e. The van der Waals surface area contributed by atoms with Gasteiger partial charge in [-0.2, -0.15) is 4.31 Å². The van der Waals surface area contributed by atoms with E-state index in [2.05, 4.69) is 4.90 Å². The van der Waals surface area contributed by atoms with Crippen molar-refractivity contribution in [3.05, 3.63) is 29.3 Å². The predicted molar refractivity (Wildman–Crippen MR) is 119 cm³/mol. The molecule has 5 atom stereocenters. The van der Waals surface area contributed by atoms with Gasteiger partial charge in [0.15, 0.2) is 0 Å². The molecule has 10 heteroatoms. The first kappa shape index (κ1) is 22.4. The zero-order chi connectivity index (χ0) is 22.5. The van der Waals surface area contributed by atoms with Crippen LogP contribution in [-0.4, -0.2) is 91.2 Å². The summed E-state index contributed by atoms with van der Waals surface area (Å²) in [5, 5.41) is 9.60. The standard InChI is InChI=1S/C22H30ClN3O5S/c23-15-4-6-16(7-5-15)32(29,30)26-19-2-1-3-20(26)21(18-14-17(18)19)31-22(28)25-10-8-24(9-11-25)12-13-27/h4-7,17-21,27H,1-3,8-14H2/t17?,18?,19?,20?,21-/m0/s1. The Balaban J connectivity index is 1.34. The van der Waals surface area contributed by atoms with E-state index in [1.54, 1.807) is 33.5 Å². The number of hydrogen-bond acceptors (Lipinski definition) is 6. The van der Waals surface area contributed by atoms with Gasteiger partial charge < -0.3 is 14.7 Å². The second-order valence-corrected chi connectivity index (χ2v) is 11.6. The molecule has 0 spiro atoms. The van der Waals surface area contributed by atoms with Gasteiger partial charge in [-0.1, -0.05) is 18.0 Å². The molecule has 4 aliphatic rings. The molecule has 5 rings (SSSR count). The number of ether oxygens (including phenoxy) is 1. The summed E-state index contributed by atoms with van der Waals surface area (Å²) in [7, 11) is -3.71. The van der Waals surface area contributed by atoms with Crippen LogP contribution in [0.15, 0.2) is 29.2 Å². The van der Waals surface area contributed by atoms with E-state index in [1.807, 2.05) is 0 Å². The topological polar surface area (TPSA) is 90.4 Å². The minimum atomic E-state index is -3.71. The monoisotopic (exact) mass is 483 g/mol. The summed E-state index contributed by atoms with van der Waals surface area (Å²) in [5.74, 6) is 0.509. The average Bonchev–Trinajstić information content (AvgIpc) is 3.58. The first-order chi connectivity index (χ1) is 15.4. The number of piperazine rings is 1. The van der Waals surface area contributed by atoms with E-state index < -0.39 is 16.1 Å². The molecule has 1 aromatic rings. The lowest BCUT2D eigenvalue weighted by atomic mass is 9.85. The predicted octanol–water partition coefficient (Wildman–Crippen LogP) is 2.02. The van der Waals surface area contributed by atoms with Crippen molar-refractivity contribution in [1.82, 2.24) is 14.1 Å². The Morgan fingerprint density at radius 1 is 1.06 bits per heavy atom. The number of carbonyl (C=O) groups excluding carboxylic acids is 1. The minimum Gasteiger partial charge on any atom is -0.444 e. The van der Waals surface area contributed by atoms with Crippen molar-refractivity contribution >= 4 is 27.7 Å². The number of hydrogen-bond donors (Lipinski definition) is 1. The van der Waals surface area contributed by atoms with Crippen molar-refractivity contribution in [3.63, 3.8) is 0 Å². The van der Waals surface area contributed by atoms with Crippen molar-refractivity contribution in [1.29, 1.82) is 0 Å². The van der Waals surface area contributed by atoms with Gasteiger partial charge in [-0.05, 0) is 49.4 Å². The van der Waals surface area contributed by atoms with Gasteiger partial charge in [0.05, 0.1) is 17.5 Å². The molecule has 176 valence electrons. The number of amides is 1. The second kappa shape index (κ2) is 8.76. The molecule has 0 aromatic heterocycles. The lowest BCUT2D eigenvalue weighted by Crippen LogP contribution is -2.61. The van der Waals surface area contributed by atoms with E-state index in [-0.39, 0.29) is 41.5 Å². The van der Waals surface area contributed by atoms with Gasteiger partial charge in [-0.25, -0.2) is 13.2 Å². The maximum Gasteiger partial charge on any atom is 0.410 e. The third-order valence-electron chi connectivity index (χ3n) is 7.51. The van der Waals surface area contributed by atoms with Gasteiger partial charge >= 0.3 is 6.09 Å². The Labute approximate surface area is 194 Å². The van der Waals surface area contributed by atoms with E-state index in [4.69, 9.17) is 21.4 Å². The highest BCUT2D eigenvalue weighted by Gasteiger charge is 2.63. The summed E-state index contributed by atoms with van der Waals surface area (Å²) in [6, 6.07) is 5.97. The van der Waals surface area contributed by atoms with Crippen molar-refractivity contribution in [2.24, 2.45) is 11.8 Å². The molecule has 4 fully saturated rings. The van der Waals surface area contributed by atoms with Crippen LogP contribution in [0.5, 0.6) is 0 Å². The summed E-state index contributed by atoms with van der Waals surface area (Å²) < 4.78 is 34.9. The highest BCUT2D eigenvalue weighted by molar-refractivity contribution is 7.89. The Morgan fingerprint density at radius 2 is 1.75 bits per heavy atom. The smallest absolute Gasteiger partial charge is 0.410 e. The van der Waals surface area contributed by atoms with Gasteiger partial charge in [0, 0.05) is 49.7 Å². The zero-order valence-corrected chi connectivity index (χ0v) is 19.5. The Kier molecular flexibility index (Phi) is 6.13. The summed E-state index contributed by atoms with van der Waals surface area (Å²) >= 11 is 5.97. The normalized spacial score (nSPS) is 32.9. The van der Waals surface area contributed by atoms with Crippen molar-refractivity contribution in [2.45, 2.75) is 48.8 Å². The molecule has 4 unspecified atom stereocenters. The van der Waals surface area contributed by atoms with E-state index >= 15 is 0 Å². The lowest BCUT2D eigenvalue weighted by molar-refractivity contribution is -0.0357. The molecule has 3 saturated heterocycles. The number of carbonyl (C=O) groups is 1. The summed E-state index contributed by atoms with van der Waals surface area (Å²) in [6.07, 6.45) is 2.67. The molecule has 3 aliphatic heterocycles. The maximum atomic E-state index is 13.6. The first-order valence-electron chi connectivity index (χ1n) is 11.5. The minimum absolute atomic E-state index is 0.0172. The number of halogens is 1. The quantitative estimate of drug-likeness (QED) is 0.689. The molecular formula is C22H30ClN3O5S. The fraction of sp³-hybridized carbons (Fsp3) is 0.682.